The second-order valence-electron chi connectivity index (χ2n) is 5.06. The molecule has 0 amide bonds. The molecule has 0 aliphatic heterocycles. The van der Waals surface area contributed by atoms with Crippen LogP contribution in [-0.2, 0) is 9.47 Å². The number of hydrogen-bond acceptors (Lipinski definition) is 4. The van der Waals surface area contributed by atoms with Gasteiger partial charge in [-0.25, -0.2) is 4.79 Å². The summed E-state index contributed by atoms with van der Waals surface area (Å²) in [6, 6.07) is 5.19. The van der Waals surface area contributed by atoms with Gasteiger partial charge in [-0.2, -0.15) is 0 Å². The van der Waals surface area contributed by atoms with Gasteiger partial charge in [-0.05, 0) is 43.0 Å². The van der Waals surface area contributed by atoms with E-state index in [2.05, 4.69) is 13.8 Å². The zero-order valence-electron chi connectivity index (χ0n) is 11.9. The average Bonchev–Trinajstić information content (AvgIpc) is 2.31. The van der Waals surface area contributed by atoms with Crippen molar-refractivity contribution in [3.05, 3.63) is 29.3 Å². The van der Waals surface area contributed by atoms with E-state index in [4.69, 9.17) is 15.2 Å². The van der Waals surface area contributed by atoms with Crippen LogP contribution in [0.1, 0.15) is 36.2 Å². The van der Waals surface area contributed by atoms with Gasteiger partial charge in [0.05, 0.1) is 12.2 Å². The fraction of sp³-hybridized carbons (Fsp3) is 0.533. The Labute approximate surface area is 114 Å². The summed E-state index contributed by atoms with van der Waals surface area (Å²) in [7, 11) is 0. The molecule has 4 heteroatoms. The van der Waals surface area contributed by atoms with E-state index in [0.29, 0.717) is 30.4 Å². The standard InChI is InChI=1S/C15H23NO3/c1-11(2)4-5-18-6-7-19-15(17)13-8-12(3)9-14(16)10-13/h8-11H,4-7,16H2,1-3H3. The van der Waals surface area contributed by atoms with Gasteiger partial charge in [0.1, 0.15) is 6.61 Å². The lowest BCUT2D eigenvalue weighted by Gasteiger charge is -2.08. The smallest absolute Gasteiger partial charge is 0.338 e. The highest BCUT2D eigenvalue weighted by molar-refractivity contribution is 5.90. The summed E-state index contributed by atoms with van der Waals surface area (Å²) >= 11 is 0. The van der Waals surface area contributed by atoms with Crippen molar-refractivity contribution < 1.29 is 14.3 Å². The number of nitrogen functional groups attached to an aromatic ring is 1. The molecular formula is C15H23NO3. The van der Waals surface area contributed by atoms with Gasteiger partial charge in [0.15, 0.2) is 0 Å². The van der Waals surface area contributed by atoms with E-state index in [1.165, 1.54) is 0 Å². The van der Waals surface area contributed by atoms with Crippen LogP contribution in [0.25, 0.3) is 0 Å². The highest BCUT2D eigenvalue weighted by Gasteiger charge is 2.08. The summed E-state index contributed by atoms with van der Waals surface area (Å²) in [4.78, 5) is 11.8. The fourth-order valence-electron chi connectivity index (χ4n) is 1.63. The maximum Gasteiger partial charge on any atom is 0.338 e. The molecule has 0 aliphatic carbocycles. The zero-order valence-corrected chi connectivity index (χ0v) is 11.9. The highest BCUT2D eigenvalue weighted by Crippen LogP contribution is 2.12. The zero-order chi connectivity index (χ0) is 14.3. The Morgan fingerprint density at radius 3 is 2.58 bits per heavy atom. The maximum atomic E-state index is 11.8. The summed E-state index contributed by atoms with van der Waals surface area (Å²) in [5.74, 6) is 0.265. The fourth-order valence-corrected chi connectivity index (χ4v) is 1.63. The molecular weight excluding hydrogens is 242 g/mol. The van der Waals surface area contributed by atoms with E-state index in [1.54, 1.807) is 12.1 Å². The normalized spacial score (nSPS) is 10.7. The van der Waals surface area contributed by atoms with E-state index in [0.717, 1.165) is 12.0 Å². The lowest BCUT2D eigenvalue weighted by atomic mass is 10.1. The molecule has 0 spiro atoms. The average molecular weight is 265 g/mol. The van der Waals surface area contributed by atoms with Crippen LogP contribution in [-0.4, -0.2) is 25.8 Å². The predicted octanol–water partition coefficient (Wildman–Crippen LogP) is 2.80. The Morgan fingerprint density at radius 1 is 1.21 bits per heavy atom. The number of esters is 1. The van der Waals surface area contributed by atoms with Crippen LogP contribution >= 0.6 is 0 Å². The first-order valence-corrected chi connectivity index (χ1v) is 6.61. The maximum absolute atomic E-state index is 11.8. The minimum Gasteiger partial charge on any atom is -0.460 e. The second kappa shape index (κ2) is 7.79. The van der Waals surface area contributed by atoms with Gasteiger partial charge < -0.3 is 15.2 Å². The number of hydrogen-bond donors (Lipinski definition) is 1. The summed E-state index contributed by atoms with van der Waals surface area (Å²) in [5.41, 5.74) is 7.69. The van der Waals surface area contributed by atoms with Crippen molar-refractivity contribution in [3.63, 3.8) is 0 Å². The van der Waals surface area contributed by atoms with Crippen LogP contribution < -0.4 is 5.73 Å². The van der Waals surface area contributed by atoms with Crippen molar-refractivity contribution >= 4 is 11.7 Å². The number of carbonyl (C=O) groups is 1. The molecule has 0 bridgehead atoms. The Balaban J connectivity index is 2.27. The molecule has 0 radical (unpaired) electrons. The third-order valence-electron chi connectivity index (χ3n) is 2.64. The molecule has 0 saturated heterocycles. The van der Waals surface area contributed by atoms with E-state index >= 15 is 0 Å². The van der Waals surface area contributed by atoms with Crippen molar-refractivity contribution in [2.45, 2.75) is 27.2 Å². The Kier molecular flexibility index (Phi) is 6.36. The summed E-state index contributed by atoms with van der Waals surface area (Å²) < 4.78 is 10.5. The molecule has 0 unspecified atom stereocenters. The topological polar surface area (TPSA) is 61.6 Å². The molecule has 0 aromatic heterocycles. The molecule has 0 saturated carbocycles. The third kappa shape index (κ3) is 6.25. The summed E-state index contributed by atoms with van der Waals surface area (Å²) in [6.45, 7) is 7.58. The molecule has 4 nitrogen and oxygen atoms in total. The number of ether oxygens (including phenoxy) is 2. The number of benzene rings is 1. The van der Waals surface area contributed by atoms with Crippen molar-refractivity contribution in [1.82, 2.24) is 0 Å². The van der Waals surface area contributed by atoms with E-state index < -0.39 is 0 Å². The number of aryl methyl sites for hydroxylation is 1. The van der Waals surface area contributed by atoms with Crippen molar-refractivity contribution in [2.24, 2.45) is 5.92 Å². The van der Waals surface area contributed by atoms with Crippen LogP contribution in [0.2, 0.25) is 0 Å². The molecule has 1 rings (SSSR count). The largest absolute Gasteiger partial charge is 0.460 e. The van der Waals surface area contributed by atoms with Gasteiger partial charge in [0.25, 0.3) is 0 Å². The first kappa shape index (κ1) is 15.5. The van der Waals surface area contributed by atoms with Crippen LogP contribution in [0.15, 0.2) is 18.2 Å². The van der Waals surface area contributed by atoms with Crippen molar-refractivity contribution in [1.29, 1.82) is 0 Å². The van der Waals surface area contributed by atoms with Gasteiger partial charge in [0, 0.05) is 12.3 Å². The molecule has 19 heavy (non-hydrogen) atoms. The first-order valence-electron chi connectivity index (χ1n) is 6.61. The van der Waals surface area contributed by atoms with Gasteiger partial charge in [0.2, 0.25) is 0 Å². The Hall–Kier alpha value is -1.55. The molecule has 1 aromatic carbocycles. The van der Waals surface area contributed by atoms with Crippen molar-refractivity contribution in [2.75, 3.05) is 25.6 Å². The summed E-state index contributed by atoms with van der Waals surface area (Å²) in [6.07, 6.45) is 1.02. The highest BCUT2D eigenvalue weighted by atomic mass is 16.6. The van der Waals surface area contributed by atoms with Gasteiger partial charge in [-0.15, -0.1) is 0 Å². The number of nitrogens with two attached hydrogens (primary N) is 1. The molecule has 1 aromatic rings. The van der Waals surface area contributed by atoms with Gasteiger partial charge >= 0.3 is 5.97 Å². The molecule has 106 valence electrons. The molecule has 0 aliphatic rings. The quantitative estimate of drug-likeness (QED) is 0.468. The van der Waals surface area contributed by atoms with E-state index in [9.17, 15) is 4.79 Å². The Bertz CT molecular complexity index is 396. The number of rotatable bonds is 7. The molecule has 0 atom stereocenters. The Morgan fingerprint density at radius 2 is 1.95 bits per heavy atom. The monoisotopic (exact) mass is 265 g/mol. The molecule has 0 heterocycles. The SMILES string of the molecule is Cc1cc(N)cc(C(=O)OCCOCCC(C)C)c1. The van der Waals surface area contributed by atoms with Gasteiger partial charge in [-0.1, -0.05) is 13.8 Å². The van der Waals surface area contributed by atoms with Crippen LogP contribution in [0, 0.1) is 12.8 Å². The van der Waals surface area contributed by atoms with Crippen LogP contribution in [0.5, 0.6) is 0 Å². The lowest BCUT2D eigenvalue weighted by molar-refractivity contribution is 0.0303. The van der Waals surface area contributed by atoms with Crippen molar-refractivity contribution in [3.8, 4) is 0 Å². The van der Waals surface area contributed by atoms with E-state index in [-0.39, 0.29) is 12.6 Å². The molecule has 0 fully saturated rings. The lowest BCUT2D eigenvalue weighted by Crippen LogP contribution is -2.12. The second-order valence-corrected chi connectivity index (χ2v) is 5.06. The van der Waals surface area contributed by atoms with Crippen LogP contribution in [0.3, 0.4) is 0 Å². The number of anilines is 1. The minimum absolute atomic E-state index is 0.269. The third-order valence-corrected chi connectivity index (χ3v) is 2.64. The predicted molar refractivity (Wildman–Crippen MR) is 76.1 cm³/mol. The summed E-state index contributed by atoms with van der Waals surface area (Å²) in [5, 5.41) is 0. The molecule has 2 N–H and O–H groups in total. The van der Waals surface area contributed by atoms with Gasteiger partial charge in [-0.3, -0.25) is 0 Å². The number of carbonyl (C=O) groups excluding carboxylic acids is 1. The minimum atomic E-state index is -0.358. The first-order chi connectivity index (χ1) is 8.99. The van der Waals surface area contributed by atoms with E-state index in [1.807, 2.05) is 13.0 Å². The van der Waals surface area contributed by atoms with Crippen LogP contribution in [0.4, 0.5) is 5.69 Å².